The molecule has 21 heavy (non-hydrogen) atoms. The third-order valence-electron chi connectivity index (χ3n) is 4.51. The van der Waals surface area contributed by atoms with Crippen molar-refractivity contribution in [2.45, 2.75) is 50.0 Å². The Morgan fingerprint density at radius 1 is 1.38 bits per heavy atom. The lowest BCUT2D eigenvalue weighted by Gasteiger charge is -2.28. The fraction of sp³-hybridized carbons (Fsp3) is 0.562. The highest BCUT2D eigenvalue weighted by molar-refractivity contribution is 6.31. The summed E-state index contributed by atoms with van der Waals surface area (Å²) in [5, 5.41) is 9.67. The van der Waals surface area contributed by atoms with Crippen LogP contribution < -0.4 is 9.47 Å². The molecule has 0 aliphatic heterocycles. The molecule has 0 unspecified atom stereocenters. The molecule has 1 aromatic rings. The molecule has 0 spiro atoms. The Balaban J connectivity index is 1.92. The predicted octanol–water partition coefficient (Wildman–Crippen LogP) is 3.79. The van der Waals surface area contributed by atoms with Crippen LogP contribution in [0.25, 0.3) is 0 Å². The van der Waals surface area contributed by atoms with Gasteiger partial charge in [0.1, 0.15) is 0 Å². The van der Waals surface area contributed by atoms with Crippen molar-refractivity contribution in [1.29, 1.82) is 0 Å². The zero-order chi connectivity index (χ0) is 15.0. The normalized spacial score (nSPS) is 19.7. The van der Waals surface area contributed by atoms with E-state index in [0.717, 1.165) is 31.2 Å². The second-order valence-corrected chi connectivity index (χ2v) is 6.41. The van der Waals surface area contributed by atoms with E-state index in [4.69, 9.17) is 26.2 Å². The van der Waals surface area contributed by atoms with Gasteiger partial charge in [0, 0.05) is 16.5 Å². The van der Waals surface area contributed by atoms with Gasteiger partial charge in [0.25, 0.3) is 0 Å². The number of hydrogen-bond donors (Lipinski definition) is 1. The molecule has 114 valence electrons. The van der Waals surface area contributed by atoms with Gasteiger partial charge in [-0.25, -0.2) is 0 Å². The predicted molar refractivity (Wildman–Crippen MR) is 79.4 cm³/mol. The van der Waals surface area contributed by atoms with Gasteiger partial charge in [-0.3, -0.25) is 4.79 Å². The third-order valence-corrected chi connectivity index (χ3v) is 4.83. The van der Waals surface area contributed by atoms with E-state index < -0.39 is 5.97 Å². The molecule has 2 aliphatic rings. The van der Waals surface area contributed by atoms with Gasteiger partial charge in [-0.15, -0.1) is 0 Å². The lowest BCUT2D eigenvalue weighted by molar-refractivity contribution is -0.137. The Morgan fingerprint density at radius 3 is 2.57 bits per heavy atom. The summed E-state index contributed by atoms with van der Waals surface area (Å²) in [5.74, 6) is 0.501. The average Bonchev–Trinajstić information content (AvgIpc) is 3.14. The summed E-state index contributed by atoms with van der Waals surface area (Å²) < 4.78 is 11.3. The van der Waals surface area contributed by atoms with Crippen LogP contribution in [0.2, 0.25) is 5.02 Å². The number of carboxylic acid groups (broad SMARTS) is 1. The molecular weight excluding hydrogens is 292 g/mol. The highest BCUT2D eigenvalue weighted by Gasteiger charge is 2.47. The molecule has 0 radical (unpaired) electrons. The summed E-state index contributed by atoms with van der Waals surface area (Å²) in [7, 11) is 1.59. The summed E-state index contributed by atoms with van der Waals surface area (Å²) in [4.78, 5) is 11.1. The van der Waals surface area contributed by atoms with E-state index in [2.05, 4.69) is 0 Å². The molecule has 4 nitrogen and oxygen atoms in total. The Bertz CT molecular complexity index is 562. The monoisotopic (exact) mass is 310 g/mol. The van der Waals surface area contributed by atoms with Crippen LogP contribution in [-0.2, 0) is 10.2 Å². The van der Waals surface area contributed by atoms with Crippen molar-refractivity contribution in [3.8, 4) is 11.5 Å². The van der Waals surface area contributed by atoms with E-state index in [0.29, 0.717) is 16.5 Å². The molecule has 2 aliphatic carbocycles. The molecule has 0 saturated heterocycles. The lowest BCUT2D eigenvalue weighted by Crippen LogP contribution is -2.25. The first-order valence-corrected chi connectivity index (χ1v) is 7.68. The summed E-state index contributed by atoms with van der Waals surface area (Å²) >= 11 is 6.34. The average molecular weight is 311 g/mol. The standard InChI is InChI=1S/C16H19ClO4/c1-20-13-8-12(17)11(16(5-6-16)9-15(18)19)7-14(13)21-10-3-2-4-10/h7-8,10H,2-6,9H2,1H3,(H,18,19). The van der Waals surface area contributed by atoms with Crippen LogP contribution in [0.3, 0.4) is 0 Å². The second kappa shape index (κ2) is 5.41. The smallest absolute Gasteiger partial charge is 0.304 e. The number of rotatable bonds is 6. The number of methoxy groups -OCH3 is 1. The van der Waals surface area contributed by atoms with Crippen molar-refractivity contribution < 1.29 is 19.4 Å². The van der Waals surface area contributed by atoms with Crippen molar-refractivity contribution >= 4 is 17.6 Å². The van der Waals surface area contributed by atoms with Gasteiger partial charge in [0.2, 0.25) is 0 Å². The molecule has 0 amide bonds. The largest absolute Gasteiger partial charge is 0.493 e. The van der Waals surface area contributed by atoms with Crippen molar-refractivity contribution in [3.63, 3.8) is 0 Å². The van der Waals surface area contributed by atoms with Gasteiger partial charge in [0.15, 0.2) is 11.5 Å². The first-order valence-electron chi connectivity index (χ1n) is 7.30. The van der Waals surface area contributed by atoms with Gasteiger partial charge >= 0.3 is 5.97 Å². The molecular formula is C16H19ClO4. The van der Waals surface area contributed by atoms with E-state index in [1.807, 2.05) is 6.07 Å². The summed E-state index contributed by atoms with van der Waals surface area (Å²) in [5.41, 5.74) is 0.550. The SMILES string of the molecule is COc1cc(Cl)c(C2(CC(=O)O)CC2)cc1OC1CCC1. The Hall–Kier alpha value is -1.42. The van der Waals surface area contributed by atoms with Crippen LogP contribution in [0.15, 0.2) is 12.1 Å². The minimum absolute atomic E-state index is 0.113. The Kier molecular flexibility index (Phi) is 3.74. The van der Waals surface area contributed by atoms with E-state index >= 15 is 0 Å². The molecule has 0 atom stereocenters. The van der Waals surface area contributed by atoms with Crippen LogP contribution in [0.4, 0.5) is 0 Å². The molecule has 0 aromatic heterocycles. The lowest BCUT2D eigenvalue weighted by atomic mass is 9.91. The van der Waals surface area contributed by atoms with E-state index in [1.54, 1.807) is 13.2 Å². The number of aliphatic carboxylic acids is 1. The summed E-state index contributed by atoms with van der Waals surface area (Å²) in [6, 6.07) is 3.63. The molecule has 1 aromatic carbocycles. The van der Waals surface area contributed by atoms with E-state index in [-0.39, 0.29) is 17.9 Å². The zero-order valence-corrected chi connectivity index (χ0v) is 12.8. The maximum Gasteiger partial charge on any atom is 0.304 e. The highest BCUT2D eigenvalue weighted by atomic mass is 35.5. The van der Waals surface area contributed by atoms with Crippen molar-refractivity contribution in [3.05, 3.63) is 22.7 Å². The molecule has 1 N–H and O–H groups in total. The number of carboxylic acids is 1. The number of halogens is 1. The van der Waals surface area contributed by atoms with Crippen LogP contribution in [0, 0.1) is 0 Å². The maximum atomic E-state index is 11.1. The van der Waals surface area contributed by atoms with Gasteiger partial charge in [-0.1, -0.05) is 11.6 Å². The fourth-order valence-corrected chi connectivity index (χ4v) is 3.20. The number of ether oxygens (including phenoxy) is 2. The van der Waals surface area contributed by atoms with Gasteiger partial charge < -0.3 is 14.6 Å². The van der Waals surface area contributed by atoms with Gasteiger partial charge in [-0.05, 0) is 43.7 Å². The summed E-state index contributed by atoms with van der Waals surface area (Å²) in [6.45, 7) is 0. The first-order chi connectivity index (χ1) is 10.0. The van der Waals surface area contributed by atoms with Crippen LogP contribution >= 0.6 is 11.6 Å². The highest BCUT2D eigenvalue weighted by Crippen LogP contribution is 2.55. The molecule has 2 fully saturated rings. The Labute approximate surface area is 129 Å². The number of benzene rings is 1. The first kappa shape index (κ1) is 14.5. The van der Waals surface area contributed by atoms with E-state index in [1.165, 1.54) is 6.42 Å². The van der Waals surface area contributed by atoms with E-state index in [9.17, 15) is 4.79 Å². The van der Waals surface area contributed by atoms with Crippen molar-refractivity contribution in [2.24, 2.45) is 0 Å². The topological polar surface area (TPSA) is 55.8 Å². The van der Waals surface area contributed by atoms with Crippen molar-refractivity contribution in [1.82, 2.24) is 0 Å². The maximum absolute atomic E-state index is 11.1. The second-order valence-electron chi connectivity index (χ2n) is 6.00. The molecule has 2 saturated carbocycles. The van der Waals surface area contributed by atoms with Crippen LogP contribution in [-0.4, -0.2) is 24.3 Å². The van der Waals surface area contributed by atoms with Gasteiger partial charge in [0.05, 0.1) is 19.6 Å². The molecule has 0 heterocycles. The van der Waals surface area contributed by atoms with Gasteiger partial charge in [-0.2, -0.15) is 0 Å². The molecule has 3 rings (SSSR count). The minimum atomic E-state index is -0.791. The molecule has 5 heteroatoms. The number of hydrogen-bond acceptors (Lipinski definition) is 3. The molecule has 0 bridgehead atoms. The minimum Gasteiger partial charge on any atom is -0.493 e. The van der Waals surface area contributed by atoms with Crippen LogP contribution in [0.5, 0.6) is 11.5 Å². The quantitative estimate of drug-likeness (QED) is 0.868. The van der Waals surface area contributed by atoms with Crippen LogP contribution in [0.1, 0.15) is 44.1 Å². The van der Waals surface area contributed by atoms with Crippen molar-refractivity contribution in [2.75, 3.05) is 7.11 Å². The number of carbonyl (C=O) groups is 1. The zero-order valence-electron chi connectivity index (χ0n) is 12.0. The fourth-order valence-electron chi connectivity index (χ4n) is 2.84. The third kappa shape index (κ3) is 2.82. The Morgan fingerprint density at radius 2 is 2.10 bits per heavy atom. The summed E-state index contributed by atoms with van der Waals surface area (Å²) in [6.07, 6.45) is 5.37.